The lowest BCUT2D eigenvalue weighted by atomic mass is 10.2. The van der Waals surface area contributed by atoms with Gasteiger partial charge in [-0.05, 0) is 45.4 Å². The Morgan fingerprint density at radius 1 is 1.23 bits per heavy atom. The Morgan fingerprint density at radius 3 is 2.65 bits per heavy atom. The third-order valence-corrected chi connectivity index (χ3v) is 3.89. The minimum Gasteiger partial charge on any atom is -0.493 e. The topological polar surface area (TPSA) is 72.7 Å². The van der Waals surface area contributed by atoms with Gasteiger partial charge in [0.05, 0.1) is 19.4 Å². The monoisotopic (exact) mass is 359 g/mol. The molecule has 0 aliphatic carbocycles. The first-order valence-electron chi connectivity index (χ1n) is 8.87. The fourth-order valence-electron chi connectivity index (χ4n) is 2.67. The van der Waals surface area contributed by atoms with Gasteiger partial charge < -0.3 is 20.1 Å². The number of aliphatic imine (C=N–C) groups is 1. The predicted octanol–water partition coefficient (Wildman–Crippen LogP) is 2.98. The summed E-state index contributed by atoms with van der Waals surface area (Å²) in [6.45, 7) is 8.31. The van der Waals surface area contributed by atoms with E-state index in [2.05, 4.69) is 33.7 Å². The first-order valence-corrected chi connectivity index (χ1v) is 8.87. The fourth-order valence-corrected chi connectivity index (χ4v) is 2.67. The van der Waals surface area contributed by atoms with Crippen LogP contribution < -0.4 is 20.1 Å². The van der Waals surface area contributed by atoms with E-state index in [-0.39, 0.29) is 0 Å². The molecule has 0 saturated carbocycles. The second-order valence-corrected chi connectivity index (χ2v) is 5.93. The van der Waals surface area contributed by atoms with Crippen molar-refractivity contribution in [3.05, 3.63) is 35.7 Å². The molecule has 0 radical (unpaired) electrons. The van der Waals surface area contributed by atoms with Gasteiger partial charge in [0.2, 0.25) is 0 Å². The van der Waals surface area contributed by atoms with Gasteiger partial charge in [-0.1, -0.05) is 0 Å². The summed E-state index contributed by atoms with van der Waals surface area (Å²) in [7, 11) is 3.38. The van der Waals surface area contributed by atoms with Crippen LogP contribution in [0.2, 0.25) is 0 Å². The lowest BCUT2D eigenvalue weighted by molar-refractivity contribution is 0.311. The standard InChI is InChI=1S/C19H29N5O2/c1-6-26-17-9-8-16(13-18(17)25-5)22-19(20-4)21-10-7-11-24-15(3)12-14(2)23-24/h8-9,12-13H,6-7,10-11H2,1-5H3,(H2,20,21,22). The van der Waals surface area contributed by atoms with E-state index in [0.717, 1.165) is 36.6 Å². The largest absolute Gasteiger partial charge is 0.493 e. The molecule has 0 aliphatic heterocycles. The van der Waals surface area contributed by atoms with Crippen LogP contribution in [0.15, 0.2) is 29.3 Å². The third kappa shape index (κ3) is 5.40. The van der Waals surface area contributed by atoms with Gasteiger partial charge in [-0.15, -0.1) is 0 Å². The second kappa shape index (κ2) is 9.70. The molecule has 2 N–H and O–H groups in total. The molecule has 2 rings (SSSR count). The number of benzene rings is 1. The Morgan fingerprint density at radius 2 is 2.04 bits per heavy atom. The number of aromatic nitrogens is 2. The number of aryl methyl sites for hydroxylation is 3. The van der Waals surface area contributed by atoms with E-state index in [9.17, 15) is 0 Å². The van der Waals surface area contributed by atoms with Crippen LogP contribution in [0.1, 0.15) is 24.7 Å². The Kier molecular flexibility index (Phi) is 7.32. The number of guanidine groups is 1. The summed E-state index contributed by atoms with van der Waals surface area (Å²) in [6, 6.07) is 7.82. The summed E-state index contributed by atoms with van der Waals surface area (Å²) >= 11 is 0. The zero-order valence-corrected chi connectivity index (χ0v) is 16.3. The Hall–Kier alpha value is -2.70. The van der Waals surface area contributed by atoms with Crippen LogP contribution in [0.3, 0.4) is 0 Å². The molecule has 7 nitrogen and oxygen atoms in total. The summed E-state index contributed by atoms with van der Waals surface area (Å²) in [5.41, 5.74) is 3.13. The van der Waals surface area contributed by atoms with Crippen molar-refractivity contribution < 1.29 is 9.47 Å². The fraction of sp³-hybridized carbons (Fsp3) is 0.474. The summed E-state index contributed by atoms with van der Waals surface area (Å²) in [6.07, 6.45) is 0.954. The minimum atomic E-state index is 0.599. The number of rotatable bonds is 8. The van der Waals surface area contributed by atoms with Gasteiger partial charge in [0.25, 0.3) is 0 Å². The molecule has 1 aromatic carbocycles. The van der Waals surface area contributed by atoms with Gasteiger partial charge in [-0.25, -0.2) is 0 Å². The molecule has 1 aromatic heterocycles. The van der Waals surface area contributed by atoms with Gasteiger partial charge in [0, 0.05) is 37.6 Å². The normalized spacial score (nSPS) is 11.3. The molecular formula is C19H29N5O2. The van der Waals surface area contributed by atoms with Crippen molar-refractivity contribution in [3.8, 4) is 11.5 Å². The average molecular weight is 359 g/mol. The molecule has 0 aliphatic rings. The predicted molar refractivity (Wildman–Crippen MR) is 105 cm³/mol. The molecule has 1 heterocycles. The van der Waals surface area contributed by atoms with Crippen molar-refractivity contribution in [2.45, 2.75) is 33.7 Å². The number of anilines is 1. The van der Waals surface area contributed by atoms with Crippen molar-refractivity contribution in [2.24, 2.45) is 4.99 Å². The van der Waals surface area contributed by atoms with Crippen molar-refractivity contribution >= 4 is 11.6 Å². The number of hydrogen-bond acceptors (Lipinski definition) is 4. The molecule has 0 bridgehead atoms. The van der Waals surface area contributed by atoms with E-state index in [0.29, 0.717) is 18.3 Å². The SMILES string of the molecule is CCOc1ccc(NC(=NC)NCCCn2nc(C)cc2C)cc1OC. The summed E-state index contributed by atoms with van der Waals surface area (Å²) in [5.74, 6) is 2.13. The van der Waals surface area contributed by atoms with Crippen molar-refractivity contribution in [3.63, 3.8) is 0 Å². The van der Waals surface area contributed by atoms with E-state index in [1.54, 1.807) is 14.2 Å². The number of methoxy groups -OCH3 is 1. The molecule has 26 heavy (non-hydrogen) atoms. The van der Waals surface area contributed by atoms with Crippen LogP contribution in [0.4, 0.5) is 5.69 Å². The highest BCUT2D eigenvalue weighted by Crippen LogP contribution is 2.30. The maximum absolute atomic E-state index is 5.54. The second-order valence-electron chi connectivity index (χ2n) is 5.93. The molecule has 142 valence electrons. The van der Waals surface area contributed by atoms with Crippen LogP contribution in [0.25, 0.3) is 0 Å². The minimum absolute atomic E-state index is 0.599. The van der Waals surface area contributed by atoms with Crippen molar-refractivity contribution in [1.82, 2.24) is 15.1 Å². The number of nitrogens with one attached hydrogen (secondary N) is 2. The molecule has 2 aromatic rings. The van der Waals surface area contributed by atoms with Gasteiger partial charge in [-0.2, -0.15) is 5.10 Å². The quantitative estimate of drug-likeness (QED) is 0.431. The van der Waals surface area contributed by atoms with Crippen molar-refractivity contribution in [1.29, 1.82) is 0 Å². The van der Waals surface area contributed by atoms with Crippen LogP contribution in [0.5, 0.6) is 11.5 Å². The molecule has 0 atom stereocenters. The molecule has 0 unspecified atom stereocenters. The molecular weight excluding hydrogens is 330 g/mol. The van der Waals surface area contributed by atoms with E-state index in [4.69, 9.17) is 9.47 Å². The number of hydrogen-bond donors (Lipinski definition) is 2. The van der Waals surface area contributed by atoms with E-state index in [1.165, 1.54) is 5.69 Å². The maximum atomic E-state index is 5.54. The Bertz CT molecular complexity index is 740. The zero-order chi connectivity index (χ0) is 18.9. The third-order valence-electron chi connectivity index (χ3n) is 3.89. The van der Waals surface area contributed by atoms with E-state index >= 15 is 0 Å². The van der Waals surface area contributed by atoms with Crippen molar-refractivity contribution in [2.75, 3.05) is 32.6 Å². The molecule has 0 amide bonds. The Balaban J connectivity index is 1.86. The molecule has 0 spiro atoms. The van der Waals surface area contributed by atoms with Gasteiger partial charge >= 0.3 is 0 Å². The van der Waals surface area contributed by atoms with Gasteiger partial charge in [0.1, 0.15) is 0 Å². The summed E-state index contributed by atoms with van der Waals surface area (Å²) in [4.78, 5) is 4.26. The highest BCUT2D eigenvalue weighted by atomic mass is 16.5. The highest BCUT2D eigenvalue weighted by molar-refractivity contribution is 5.93. The zero-order valence-electron chi connectivity index (χ0n) is 16.3. The Labute approximate surface area is 155 Å². The number of ether oxygens (including phenoxy) is 2. The first kappa shape index (κ1) is 19.6. The lowest BCUT2D eigenvalue weighted by Gasteiger charge is -2.14. The summed E-state index contributed by atoms with van der Waals surface area (Å²) in [5, 5.41) is 11.1. The smallest absolute Gasteiger partial charge is 0.195 e. The summed E-state index contributed by atoms with van der Waals surface area (Å²) < 4.78 is 13.0. The number of nitrogens with zero attached hydrogens (tertiary/aromatic N) is 3. The van der Waals surface area contributed by atoms with Gasteiger partial charge in [0.15, 0.2) is 17.5 Å². The van der Waals surface area contributed by atoms with Crippen LogP contribution in [-0.4, -0.2) is 43.0 Å². The average Bonchev–Trinajstić information content (AvgIpc) is 2.96. The molecule has 7 heteroatoms. The van der Waals surface area contributed by atoms with E-state index in [1.807, 2.05) is 36.7 Å². The maximum Gasteiger partial charge on any atom is 0.195 e. The first-order chi connectivity index (χ1) is 12.6. The van der Waals surface area contributed by atoms with Gasteiger partial charge in [-0.3, -0.25) is 9.67 Å². The van der Waals surface area contributed by atoms with Crippen LogP contribution in [0, 0.1) is 13.8 Å². The molecule has 0 fully saturated rings. The van der Waals surface area contributed by atoms with Crippen LogP contribution >= 0.6 is 0 Å². The highest BCUT2D eigenvalue weighted by Gasteiger charge is 2.07. The van der Waals surface area contributed by atoms with Crippen LogP contribution in [-0.2, 0) is 6.54 Å². The van der Waals surface area contributed by atoms with E-state index < -0.39 is 0 Å². The lowest BCUT2D eigenvalue weighted by Crippen LogP contribution is -2.32. The molecule has 0 saturated heterocycles.